The number of benzene rings is 3. The third-order valence-electron chi connectivity index (χ3n) is 4.67. The molecule has 0 saturated carbocycles. The Balaban J connectivity index is 1.96. The number of Topliss-reactive ketones (excluding diaryl/α,β-unsaturated/α-hetero) is 1. The number of rotatable bonds is 5. The lowest BCUT2D eigenvalue weighted by Gasteiger charge is -2.21. The lowest BCUT2D eigenvalue weighted by Crippen LogP contribution is -2.23. The summed E-state index contributed by atoms with van der Waals surface area (Å²) in [7, 11) is 1.62. The van der Waals surface area contributed by atoms with Crippen molar-refractivity contribution in [1.29, 1.82) is 0 Å². The van der Waals surface area contributed by atoms with Crippen LogP contribution in [0.3, 0.4) is 0 Å². The van der Waals surface area contributed by atoms with Gasteiger partial charge in [-0.3, -0.25) is 4.79 Å². The number of hydrogen-bond acceptors (Lipinski definition) is 4. The van der Waals surface area contributed by atoms with E-state index in [-0.39, 0.29) is 5.78 Å². The van der Waals surface area contributed by atoms with Crippen LogP contribution in [0.4, 0.5) is 0 Å². The molecule has 5 heteroatoms. The predicted octanol–water partition coefficient (Wildman–Crippen LogP) is 4.22. The largest absolute Gasteiger partial charge is 0.496 e. The first-order chi connectivity index (χ1) is 13.2. The van der Waals surface area contributed by atoms with E-state index in [1.807, 2.05) is 79.7 Å². The maximum atomic E-state index is 13.5. The van der Waals surface area contributed by atoms with Gasteiger partial charge in [-0.05, 0) is 24.6 Å². The predicted molar refractivity (Wildman–Crippen MR) is 104 cm³/mol. The molecule has 27 heavy (non-hydrogen) atoms. The average Bonchev–Trinajstić information content (AvgIpc) is 3.13. The van der Waals surface area contributed by atoms with Gasteiger partial charge in [0.15, 0.2) is 5.78 Å². The van der Waals surface area contributed by atoms with Gasteiger partial charge in [0.25, 0.3) is 0 Å². The van der Waals surface area contributed by atoms with Crippen LogP contribution in [-0.4, -0.2) is 27.9 Å². The standard InChI is InChI=1S/C22H19N3O2/c1-15-9-8-12-17(22(15)27-2)20(21(26)16-10-4-3-5-11-16)25-19-14-7-6-13-18(19)23-24-25/h3-14,20H,1-2H3. The monoisotopic (exact) mass is 357 g/mol. The molecule has 134 valence electrons. The van der Waals surface area contributed by atoms with E-state index < -0.39 is 6.04 Å². The van der Waals surface area contributed by atoms with E-state index in [2.05, 4.69) is 10.3 Å². The molecule has 0 bridgehead atoms. The molecule has 1 heterocycles. The van der Waals surface area contributed by atoms with Crippen LogP contribution in [0.5, 0.6) is 5.75 Å². The van der Waals surface area contributed by atoms with E-state index in [0.717, 1.165) is 22.2 Å². The Hall–Kier alpha value is -3.47. The molecule has 1 unspecified atom stereocenters. The number of aryl methyl sites for hydroxylation is 1. The molecule has 0 saturated heterocycles. The molecule has 3 aromatic carbocycles. The molecule has 4 aromatic rings. The number of nitrogens with zero attached hydrogens (tertiary/aromatic N) is 3. The number of hydrogen-bond donors (Lipinski definition) is 0. The minimum Gasteiger partial charge on any atom is -0.496 e. The van der Waals surface area contributed by atoms with Crippen LogP contribution in [0.25, 0.3) is 11.0 Å². The lowest BCUT2D eigenvalue weighted by atomic mass is 9.95. The van der Waals surface area contributed by atoms with Gasteiger partial charge in [-0.25, -0.2) is 4.68 Å². The molecular weight excluding hydrogens is 338 g/mol. The van der Waals surface area contributed by atoms with Gasteiger partial charge in [0.05, 0.1) is 12.6 Å². The molecule has 0 aliphatic rings. The fraction of sp³-hybridized carbons (Fsp3) is 0.136. The Labute approximate surface area is 157 Å². The highest BCUT2D eigenvalue weighted by Crippen LogP contribution is 2.34. The van der Waals surface area contributed by atoms with Gasteiger partial charge in [0, 0.05) is 11.1 Å². The number of ketones is 1. The van der Waals surface area contributed by atoms with Gasteiger partial charge in [0.2, 0.25) is 0 Å². The van der Waals surface area contributed by atoms with E-state index in [0.29, 0.717) is 11.3 Å². The van der Waals surface area contributed by atoms with Crippen LogP contribution in [-0.2, 0) is 0 Å². The Morgan fingerprint density at radius 2 is 1.70 bits per heavy atom. The molecule has 0 amide bonds. The summed E-state index contributed by atoms with van der Waals surface area (Å²) in [6.45, 7) is 1.96. The second kappa shape index (κ2) is 7.03. The number of fused-ring (bicyclic) bond motifs is 1. The van der Waals surface area contributed by atoms with E-state index in [9.17, 15) is 4.79 Å². The zero-order valence-corrected chi connectivity index (χ0v) is 15.2. The molecule has 0 fully saturated rings. The molecule has 5 nitrogen and oxygen atoms in total. The maximum Gasteiger partial charge on any atom is 0.192 e. The molecule has 0 aliphatic heterocycles. The lowest BCUT2D eigenvalue weighted by molar-refractivity contribution is 0.0939. The van der Waals surface area contributed by atoms with Gasteiger partial charge >= 0.3 is 0 Å². The molecular formula is C22H19N3O2. The van der Waals surface area contributed by atoms with E-state index >= 15 is 0 Å². The van der Waals surface area contributed by atoms with Gasteiger partial charge in [-0.1, -0.05) is 65.9 Å². The second-order valence-corrected chi connectivity index (χ2v) is 6.35. The molecule has 4 rings (SSSR count). The number of ether oxygens (including phenoxy) is 1. The highest BCUT2D eigenvalue weighted by Gasteiger charge is 2.29. The average molecular weight is 357 g/mol. The van der Waals surface area contributed by atoms with Crippen molar-refractivity contribution in [1.82, 2.24) is 15.0 Å². The highest BCUT2D eigenvalue weighted by atomic mass is 16.5. The van der Waals surface area contributed by atoms with Crippen molar-refractivity contribution < 1.29 is 9.53 Å². The van der Waals surface area contributed by atoms with Crippen molar-refractivity contribution in [3.8, 4) is 5.75 Å². The highest BCUT2D eigenvalue weighted by molar-refractivity contribution is 6.02. The van der Waals surface area contributed by atoms with Crippen LogP contribution in [0.15, 0.2) is 72.8 Å². The second-order valence-electron chi connectivity index (χ2n) is 6.35. The van der Waals surface area contributed by atoms with Crippen molar-refractivity contribution >= 4 is 16.8 Å². The van der Waals surface area contributed by atoms with Crippen molar-refractivity contribution in [3.63, 3.8) is 0 Å². The third kappa shape index (κ3) is 2.97. The summed E-state index contributed by atoms with van der Waals surface area (Å²) in [5, 5.41) is 8.55. The molecule has 0 aliphatic carbocycles. The van der Waals surface area contributed by atoms with Crippen LogP contribution < -0.4 is 4.74 Å². The van der Waals surface area contributed by atoms with Crippen LogP contribution in [0.1, 0.15) is 27.5 Å². The summed E-state index contributed by atoms with van der Waals surface area (Å²) in [6.07, 6.45) is 0. The summed E-state index contributed by atoms with van der Waals surface area (Å²) >= 11 is 0. The van der Waals surface area contributed by atoms with E-state index in [4.69, 9.17) is 4.74 Å². The van der Waals surface area contributed by atoms with Crippen molar-refractivity contribution in [3.05, 3.63) is 89.5 Å². The minimum absolute atomic E-state index is 0.0600. The van der Waals surface area contributed by atoms with E-state index in [1.165, 1.54) is 0 Å². The molecule has 1 atom stereocenters. The summed E-state index contributed by atoms with van der Waals surface area (Å²) < 4.78 is 7.32. The number of carbonyl (C=O) groups is 1. The zero-order chi connectivity index (χ0) is 18.8. The summed E-state index contributed by atoms with van der Waals surface area (Å²) in [4.78, 5) is 13.5. The smallest absolute Gasteiger partial charge is 0.192 e. The van der Waals surface area contributed by atoms with Crippen LogP contribution >= 0.6 is 0 Å². The van der Waals surface area contributed by atoms with Gasteiger partial charge in [-0.15, -0.1) is 5.10 Å². The normalized spacial score (nSPS) is 12.1. The number of carbonyl (C=O) groups excluding carboxylic acids is 1. The van der Waals surface area contributed by atoms with Crippen molar-refractivity contribution in [2.24, 2.45) is 0 Å². The Morgan fingerprint density at radius 3 is 2.48 bits per heavy atom. The molecule has 0 N–H and O–H groups in total. The van der Waals surface area contributed by atoms with Gasteiger partial charge in [0.1, 0.15) is 17.3 Å². The quantitative estimate of drug-likeness (QED) is 0.502. The molecule has 0 radical (unpaired) electrons. The number of methoxy groups -OCH3 is 1. The maximum absolute atomic E-state index is 13.5. The van der Waals surface area contributed by atoms with Gasteiger partial charge in [-0.2, -0.15) is 0 Å². The first kappa shape index (κ1) is 17.0. The number of para-hydroxylation sites is 2. The Kier molecular flexibility index (Phi) is 4.42. The fourth-order valence-corrected chi connectivity index (χ4v) is 3.39. The first-order valence-corrected chi connectivity index (χ1v) is 8.73. The third-order valence-corrected chi connectivity index (χ3v) is 4.67. The van der Waals surface area contributed by atoms with E-state index in [1.54, 1.807) is 11.8 Å². The summed E-state index contributed by atoms with van der Waals surface area (Å²) in [6, 6.07) is 22.0. The topological polar surface area (TPSA) is 57.0 Å². The van der Waals surface area contributed by atoms with Gasteiger partial charge < -0.3 is 4.74 Å². The zero-order valence-electron chi connectivity index (χ0n) is 15.2. The Bertz CT molecular complexity index is 1100. The first-order valence-electron chi connectivity index (χ1n) is 8.73. The van der Waals surface area contributed by atoms with Crippen molar-refractivity contribution in [2.45, 2.75) is 13.0 Å². The molecule has 0 spiro atoms. The molecule has 1 aromatic heterocycles. The SMILES string of the molecule is COc1c(C)cccc1C(C(=O)c1ccccc1)n1nnc2ccccc21. The van der Waals surface area contributed by atoms with Crippen molar-refractivity contribution in [2.75, 3.05) is 7.11 Å². The van der Waals surface area contributed by atoms with Crippen LogP contribution in [0.2, 0.25) is 0 Å². The summed E-state index contributed by atoms with van der Waals surface area (Å²) in [5.74, 6) is 0.626. The fourth-order valence-electron chi connectivity index (χ4n) is 3.39. The minimum atomic E-state index is -0.672. The summed E-state index contributed by atoms with van der Waals surface area (Å²) in [5.41, 5.74) is 3.89. The van der Waals surface area contributed by atoms with Crippen LogP contribution in [0, 0.1) is 6.92 Å². The Morgan fingerprint density at radius 1 is 0.963 bits per heavy atom. The number of aromatic nitrogens is 3.